The third kappa shape index (κ3) is 3.11. The van der Waals surface area contributed by atoms with Crippen molar-refractivity contribution >= 4 is 33.8 Å². The van der Waals surface area contributed by atoms with E-state index in [1.807, 2.05) is 36.5 Å². The molecule has 3 rings (SSSR count). The van der Waals surface area contributed by atoms with E-state index in [2.05, 4.69) is 22.0 Å². The molecule has 2 aromatic heterocycles. The summed E-state index contributed by atoms with van der Waals surface area (Å²) in [5, 5.41) is 13.5. The predicted molar refractivity (Wildman–Crippen MR) is 87.7 cm³/mol. The summed E-state index contributed by atoms with van der Waals surface area (Å²) in [7, 11) is 0. The van der Waals surface area contributed by atoms with Crippen molar-refractivity contribution in [2.75, 3.05) is 6.54 Å². The van der Waals surface area contributed by atoms with Gasteiger partial charge < -0.3 is 9.88 Å². The fourth-order valence-corrected chi connectivity index (χ4v) is 3.43. The Labute approximate surface area is 132 Å². The van der Waals surface area contributed by atoms with Crippen LogP contribution in [0.3, 0.4) is 0 Å². The normalized spacial score (nSPS) is 10.9. The second-order valence-corrected chi connectivity index (χ2v) is 6.54. The zero-order valence-corrected chi connectivity index (χ0v) is 12.9. The highest BCUT2D eigenvalue weighted by atomic mass is 35.5. The standard InChI is InChI=1S/C16H14ClN3S/c17-16-5-4-13(21-16)11-19-7-9-20-8-6-14-12(10-18)2-1-3-15(14)20/h1-6,8,19H,7,9,11H2. The summed E-state index contributed by atoms with van der Waals surface area (Å²) >= 11 is 7.51. The summed E-state index contributed by atoms with van der Waals surface area (Å²) in [5.41, 5.74) is 1.84. The Kier molecular flexibility index (Phi) is 4.26. The number of thiophene rings is 1. The zero-order valence-electron chi connectivity index (χ0n) is 11.3. The number of fused-ring (bicyclic) bond motifs is 1. The fourth-order valence-electron chi connectivity index (χ4n) is 2.37. The molecule has 0 saturated carbocycles. The molecule has 1 aromatic carbocycles. The number of benzene rings is 1. The first kappa shape index (κ1) is 14.2. The lowest BCUT2D eigenvalue weighted by Crippen LogP contribution is -2.18. The summed E-state index contributed by atoms with van der Waals surface area (Å²) in [6.45, 7) is 2.58. The molecule has 2 heterocycles. The van der Waals surface area contributed by atoms with Gasteiger partial charge in [-0.15, -0.1) is 11.3 Å². The Bertz CT molecular complexity index is 797. The summed E-state index contributed by atoms with van der Waals surface area (Å²) in [5.74, 6) is 0. The molecule has 0 aliphatic carbocycles. The van der Waals surface area contributed by atoms with Gasteiger partial charge >= 0.3 is 0 Å². The lowest BCUT2D eigenvalue weighted by molar-refractivity contribution is 0.613. The van der Waals surface area contributed by atoms with E-state index in [9.17, 15) is 0 Å². The van der Waals surface area contributed by atoms with Crippen molar-refractivity contribution in [3.05, 3.63) is 57.4 Å². The van der Waals surface area contributed by atoms with Crippen molar-refractivity contribution in [1.29, 1.82) is 5.26 Å². The molecule has 0 spiro atoms. The molecule has 5 heteroatoms. The van der Waals surface area contributed by atoms with E-state index in [0.717, 1.165) is 40.4 Å². The minimum Gasteiger partial charge on any atom is -0.346 e. The number of halogens is 1. The Morgan fingerprint density at radius 3 is 2.90 bits per heavy atom. The molecule has 0 atom stereocenters. The van der Waals surface area contributed by atoms with Crippen LogP contribution in [0, 0.1) is 11.3 Å². The molecule has 0 unspecified atom stereocenters. The number of hydrogen-bond donors (Lipinski definition) is 1. The predicted octanol–water partition coefficient (Wildman–Crippen LogP) is 4.02. The molecule has 0 radical (unpaired) electrons. The Morgan fingerprint density at radius 1 is 1.24 bits per heavy atom. The largest absolute Gasteiger partial charge is 0.346 e. The van der Waals surface area contributed by atoms with Crippen molar-refractivity contribution in [2.45, 2.75) is 13.1 Å². The zero-order chi connectivity index (χ0) is 14.7. The van der Waals surface area contributed by atoms with Crippen LogP contribution in [0.1, 0.15) is 10.4 Å². The number of rotatable bonds is 5. The molecule has 106 valence electrons. The summed E-state index contributed by atoms with van der Waals surface area (Å²) in [4.78, 5) is 1.24. The first-order valence-electron chi connectivity index (χ1n) is 6.71. The monoisotopic (exact) mass is 315 g/mol. The van der Waals surface area contributed by atoms with Gasteiger partial charge in [0.2, 0.25) is 0 Å². The smallest absolute Gasteiger partial charge is 0.0998 e. The molecule has 0 bridgehead atoms. The van der Waals surface area contributed by atoms with Crippen molar-refractivity contribution in [3.8, 4) is 6.07 Å². The van der Waals surface area contributed by atoms with Crippen molar-refractivity contribution in [1.82, 2.24) is 9.88 Å². The third-order valence-corrected chi connectivity index (χ3v) is 4.62. The van der Waals surface area contributed by atoms with Gasteiger partial charge in [0.05, 0.1) is 16.0 Å². The van der Waals surface area contributed by atoms with Gasteiger partial charge in [0.25, 0.3) is 0 Å². The highest BCUT2D eigenvalue weighted by molar-refractivity contribution is 7.16. The van der Waals surface area contributed by atoms with Gasteiger partial charge in [-0.3, -0.25) is 0 Å². The van der Waals surface area contributed by atoms with Crippen molar-refractivity contribution < 1.29 is 0 Å². The molecule has 0 aliphatic rings. The Morgan fingerprint density at radius 2 is 2.14 bits per heavy atom. The third-order valence-electron chi connectivity index (χ3n) is 3.39. The molecule has 0 saturated heterocycles. The minimum absolute atomic E-state index is 0.729. The average Bonchev–Trinajstić information content (AvgIpc) is 3.10. The van der Waals surface area contributed by atoms with E-state index in [4.69, 9.17) is 16.9 Å². The lowest BCUT2D eigenvalue weighted by atomic mass is 10.1. The molecule has 0 amide bonds. The quantitative estimate of drug-likeness (QED) is 0.722. The van der Waals surface area contributed by atoms with Crippen LogP contribution in [-0.4, -0.2) is 11.1 Å². The number of aromatic nitrogens is 1. The minimum atomic E-state index is 0.729. The van der Waals surface area contributed by atoms with Crippen LogP contribution in [0.4, 0.5) is 0 Å². The summed E-state index contributed by atoms with van der Waals surface area (Å²) in [6.07, 6.45) is 2.04. The van der Waals surface area contributed by atoms with Gasteiger partial charge in [-0.05, 0) is 30.3 Å². The Hall–Kier alpha value is -1.80. The van der Waals surface area contributed by atoms with E-state index in [0.29, 0.717) is 0 Å². The van der Waals surface area contributed by atoms with Gasteiger partial charge in [0, 0.05) is 41.6 Å². The lowest BCUT2D eigenvalue weighted by Gasteiger charge is -2.07. The highest BCUT2D eigenvalue weighted by Gasteiger charge is 2.04. The van der Waals surface area contributed by atoms with Crippen molar-refractivity contribution in [3.63, 3.8) is 0 Å². The van der Waals surface area contributed by atoms with Gasteiger partial charge in [-0.25, -0.2) is 0 Å². The van der Waals surface area contributed by atoms with E-state index in [-0.39, 0.29) is 0 Å². The van der Waals surface area contributed by atoms with Crippen LogP contribution in [0.15, 0.2) is 42.6 Å². The summed E-state index contributed by atoms with van der Waals surface area (Å²) in [6, 6.07) is 14.0. The van der Waals surface area contributed by atoms with Gasteiger partial charge in [0.15, 0.2) is 0 Å². The molecule has 3 aromatic rings. The number of nitrogens with zero attached hydrogens (tertiary/aromatic N) is 2. The SMILES string of the molecule is N#Cc1cccc2c1ccn2CCNCc1ccc(Cl)s1. The summed E-state index contributed by atoms with van der Waals surface area (Å²) < 4.78 is 3.00. The molecule has 0 aliphatic heterocycles. The molecule has 21 heavy (non-hydrogen) atoms. The van der Waals surface area contributed by atoms with Gasteiger partial charge in [0.1, 0.15) is 0 Å². The van der Waals surface area contributed by atoms with E-state index < -0.39 is 0 Å². The van der Waals surface area contributed by atoms with Crippen LogP contribution >= 0.6 is 22.9 Å². The van der Waals surface area contributed by atoms with Crippen LogP contribution in [0.25, 0.3) is 10.9 Å². The van der Waals surface area contributed by atoms with Gasteiger partial charge in [-0.1, -0.05) is 17.7 Å². The maximum atomic E-state index is 9.11. The van der Waals surface area contributed by atoms with Crippen LogP contribution in [0.2, 0.25) is 4.34 Å². The fraction of sp³-hybridized carbons (Fsp3) is 0.188. The second-order valence-electron chi connectivity index (χ2n) is 4.74. The molecule has 1 N–H and O–H groups in total. The topological polar surface area (TPSA) is 40.8 Å². The maximum absolute atomic E-state index is 9.11. The number of nitrogens with one attached hydrogen (secondary N) is 1. The molecule has 3 nitrogen and oxygen atoms in total. The number of nitriles is 1. The van der Waals surface area contributed by atoms with E-state index in [1.165, 1.54) is 4.88 Å². The second kappa shape index (κ2) is 6.31. The van der Waals surface area contributed by atoms with Crippen LogP contribution < -0.4 is 5.32 Å². The Balaban J connectivity index is 1.62. The van der Waals surface area contributed by atoms with Crippen LogP contribution in [-0.2, 0) is 13.1 Å². The average molecular weight is 316 g/mol. The molecule has 0 fully saturated rings. The molecular formula is C16H14ClN3S. The van der Waals surface area contributed by atoms with Gasteiger partial charge in [-0.2, -0.15) is 5.26 Å². The van der Waals surface area contributed by atoms with Crippen molar-refractivity contribution in [2.24, 2.45) is 0 Å². The van der Waals surface area contributed by atoms with Crippen LogP contribution in [0.5, 0.6) is 0 Å². The van der Waals surface area contributed by atoms with E-state index in [1.54, 1.807) is 11.3 Å². The van der Waals surface area contributed by atoms with E-state index >= 15 is 0 Å². The highest BCUT2D eigenvalue weighted by Crippen LogP contribution is 2.21. The molecular weight excluding hydrogens is 302 g/mol. The number of hydrogen-bond acceptors (Lipinski definition) is 3. The first-order valence-corrected chi connectivity index (χ1v) is 7.90. The maximum Gasteiger partial charge on any atom is 0.0998 e. The first-order chi connectivity index (χ1) is 10.3.